The Hall–Kier alpha value is -1.24. The van der Waals surface area contributed by atoms with Crippen molar-refractivity contribution in [1.29, 1.82) is 5.26 Å². The fourth-order valence-electron chi connectivity index (χ4n) is 2.55. The average molecular weight is 278 g/mol. The van der Waals surface area contributed by atoms with E-state index in [0.717, 1.165) is 18.8 Å². The molecule has 1 fully saturated rings. The molecule has 1 aliphatic heterocycles. The van der Waals surface area contributed by atoms with Gasteiger partial charge in [-0.25, -0.2) is 0 Å². The van der Waals surface area contributed by atoms with Crippen LogP contribution in [0.3, 0.4) is 0 Å². The fourth-order valence-corrected chi connectivity index (χ4v) is 2.78. The van der Waals surface area contributed by atoms with Gasteiger partial charge in [0.2, 0.25) is 0 Å². The number of anilines is 1. The van der Waals surface area contributed by atoms with Crippen LogP contribution < -0.4 is 10.6 Å². The third-order valence-electron chi connectivity index (χ3n) is 3.93. The van der Waals surface area contributed by atoms with Crippen molar-refractivity contribution in [3.63, 3.8) is 0 Å². The Labute approximate surface area is 120 Å². The highest BCUT2D eigenvalue weighted by Crippen LogP contribution is 2.30. The number of halogens is 1. The lowest BCUT2D eigenvalue weighted by atomic mass is 9.77. The van der Waals surface area contributed by atoms with Gasteiger partial charge in [0.15, 0.2) is 0 Å². The maximum absolute atomic E-state index is 8.85. The maximum atomic E-state index is 8.85. The predicted molar refractivity (Wildman–Crippen MR) is 79.5 cm³/mol. The number of rotatable bonds is 3. The highest BCUT2D eigenvalue weighted by Gasteiger charge is 2.31. The molecule has 19 heavy (non-hydrogen) atoms. The van der Waals surface area contributed by atoms with E-state index in [4.69, 9.17) is 16.9 Å². The number of nitriles is 1. The molecule has 2 N–H and O–H groups in total. The molecule has 3 nitrogen and oxygen atoms in total. The van der Waals surface area contributed by atoms with E-state index in [-0.39, 0.29) is 0 Å². The van der Waals surface area contributed by atoms with E-state index in [2.05, 4.69) is 30.6 Å². The zero-order valence-corrected chi connectivity index (χ0v) is 12.2. The Bertz CT molecular complexity index is 491. The van der Waals surface area contributed by atoms with E-state index in [0.29, 0.717) is 22.0 Å². The third kappa shape index (κ3) is 3.40. The number of nitrogens with one attached hydrogen (secondary N) is 2. The smallest absolute Gasteiger partial charge is 0.101 e. The summed E-state index contributed by atoms with van der Waals surface area (Å²) in [6, 6.07) is 8.00. The van der Waals surface area contributed by atoms with Crippen LogP contribution in [0.1, 0.15) is 32.3 Å². The lowest BCUT2D eigenvalue weighted by Crippen LogP contribution is -2.50. The van der Waals surface area contributed by atoms with Gasteiger partial charge in [0.1, 0.15) is 6.07 Å². The van der Waals surface area contributed by atoms with Crippen LogP contribution in [0.5, 0.6) is 0 Å². The molecule has 0 radical (unpaired) electrons. The molecule has 2 rings (SSSR count). The SMILES string of the molecule is CC1(C)CCCNC1CNc1ccc(C#N)c(Cl)c1. The predicted octanol–water partition coefficient (Wildman–Crippen LogP) is 3.40. The van der Waals surface area contributed by atoms with E-state index in [1.54, 1.807) is 6.07 Å². The molecule has 4 heteroatoms. The second-order valence-corrected chi connectivity index (χ2v) is 6.19. The zero-order valence-electron chi connectivity index (χ0n) is 11.5. The number of nitrogens with zero attached hydrogens (tertiary/aromatic N) is 1. The maximum Gasteiger partial charge on any atom is 0.101 e. The van der Waals surface area contributed by atoms with Gasteiger partial charge < -0.3 is 10.6 Å². The third-order valence-corrected chi connectivity index (χ3v) is 4.24. The lowest BCUT2D eigenvalue weighted by Gasteiger charge is -2.39. The van der Waals surface area contributed by atoms with E-state index in [1.165, 1.54) is 12.8 Å². The van der Waals surface area contributed by atoms with Gasteiger partial charge in [-0.1, -0.05) is 25.4 Å². The summed E-state index contributed by atoms with van der Waals surface area (Å²) in [6.07, 6.45) is 2.49. The molecular weight excluding hydrogens is 258 g/mol. The van der Waals surface area contributed by atoms with E-state index < -0.39 is 0 Å². The molecular formula is C15H20ClN3. The Balaban J connectivity index is 1.99. The molecule has 1 atom stereocenters. The van der Waals surface area contributed by atoms with Crippen molar-refractivity contribution in [2.75, 3.05) is 18.4 Å². The van der Waals surface area contributed by atoms with Gasteiger partial charge in [0.05, 0.1) is 10.6 Å². The summed E-state index contributed by atoms with van der Waals surface area (Å²) >= 11 is 6.03. The zero-order chi connectivity index (χ0) is 13.9. The van der Waals surface area contributed by atoms with Crippen LogP contribution in [0, 0.1) is 16.7 Å². The minimum Gasteiger partial charge on any atom is -0.383 e. The van der Waals surface area contributed by atoms with Crippen LogP contribution in [-0.4, -0.2) is 19.1 Å². The van der Waals surface area contributed by atoms with Gasteiger partial charge >= 0.3 is 0 Å². The second-order valence-electron chi connectivity index (χ2n) is 5.79. The minimum absolute atomic E-state index is 0.307. The van der Waals surface area contributed by atoms with Crippen LogP contribution in [-0.2, 0) is 0 Å². The summed E-state index contributed by atoms with van der Waals surface area (Å²) in [5.74, 6) is 0. The Morgan fingerprint density at radius 1 is 1.53 bits per heavy atom. The first kappa shape index (κ1) is 14.2. The molecule has 0 bridgehead atoms. The standard InChI is InChI=1S/C15H20ClN3/c1-15(2)6-3-7-18-14(15)10-19-12-5-4-11(9-17)13(16)8-12/h4-5,8,14,18-19H,3,6-7,10H2,1-2H3. The normalized spacial score (nSPS) is 21.7. The van der Waals surface area contributed by atoms with Crippen LogP contribution in [0.15, 0.2) is 18.2 Å². The Morgan fingerprint density at radius 2 is 2.32 bits per heavy atom. The first-order chi connectivity index (χ1) is 9.03. The van der Waals surface area contributed by atoms with Gasteiger partial charge in [0, 0.05) is 18.3 Å². The number of hydrogen-bond donors (Lipinski definition) is 2. The largest absolute Gasteiger partial charge is 0.383 e. The van der Waals surface area contributed by atoms with Crippen molar-refractivity contribution in [2.24, 2.45) is 5.41 Å². The molecule has 102 valence electrons. The molecule has 1 aromatic rings. The molecule has 0 aromatic heterocycles. The first-order valence-corrected chi connectivity index (χ1v) is 7.07. The van der Waals surface area contributed by atoms with Gasteiger partial charge in [-0.15, -0.1) is 0 Å². The van der Waals surface area contributed by atoms with Crippen molar-refractivity contribution in [3.05, 3.63) is 28.8 Å². The summed E-state index contributed by atoms with van der Waals surface area (Å²) < 4.78 is 0. The Morgan fingerprint density at radius 3 is 2.95 bits per heavy atom. The number of benzene rings is 1. The van der Waals surface area contributed by atoms with E-state index in [9.17, 15) is 0 Å². The molecule has 1 aliphatic rings. The summed E-state index contributed by atoms with van der Waals surface area (Å²) in [7, 11) is 0. The monoisotopic (exact) mass is 277 g/mol. The van der Waals surface area contributed by atoms with Gasteiger partial charge in [-0.3, -0.25) is 0 Å². The molecule has 0 saturated carbocycles. The summed E-state index contributed by atoms with van der Waals surface area (Å²) in [5, 5.41) is 16.3. The van der Waals surface area contributed by atoms with Gasteiger partial charge in [-0.05, 0) is 43.0 Å². The van der Waals surface area contributed by atoms with Gasteiger partial charge in [-0.2, -0.15) is 5.26 Å². The van der Waals surface area contributed by atoms with Crippen molar-refractivity contribution in [1.82, 2.24) is 5.32 Å². The van der Waals surface area contributed by atoms with Crippen molar-refractivity contribution in [2.45, 2.75) is 32.7 Å². The highest BCUT2D eigenvalue weighted by molar-refractivity contribution is 6.32. The topological polar surface area (TPSA) is 47.8 Å². The minimum atomic E-state index is 0.307. The Kier molecular flexibility index (Phi) is 4.34. The molecule has 1 aromatic carbocycles. The average Bonchev–Trinajstić information content (AvgIpc) is 2.37. The lowest BCUT2D eigenvalue weighted by molar-refractivity contribution is 0.188. The fraction of sp³-hybridized carbons (Fsp3) is 0.533. The number of piperidine rings is 1. The summed E-state index contributed by atoms with van der Waals surface area (Å²) in [6.45, 7) is 6.56. The summed E-state index contributed by atoms with van der Waals surface area (Å²) in [4.78, 5) is 0. The van der Waals surface area contributed by atoms with Crippen molar-refractivity contribution in [3.8, 4) is 6.07 Å². The van der Waals surface area contributed by atoms with Crippen LogP contribution in [0.2, 0.25) is 5.02 Å². The molecule has 0 aliphatic carbocycles. The molecule has 0 spiro atoms. The van der Waals surface area contributed by atoms with E-state index >= 15 is 0 Å². The molecule has 1 unspecified atom stereocenters. The van der Waals surface area contributed by atoms with Crippen LogP contribution >= 0.6 is 11.6 Å². The first-order valence-electron chi connectivity index (χ1n) is 6.70. The highest BCUT2D eigenvalue weighted by atomic mass is 35.5. The molecule has 0 amide bonds. The van der Waals surface area contributed by atoms with E-state index in [1.807, 2.05) is 12.1 Å². The van der Waals surface area contributed by atoms with Crippen LogP contribution in [0.25, 0.3) is 0 Å². The second kappa shape index (κ2) is 5.81. The van der Waals surface area contributed by atoms with Crippen LogP contribution in [0.4, 0.5) is 5.69 Å². The summed E-state index contributed by atoms with van der Waals surface area (Å²) in [5.41, 5.74) is 1.79. The quantitative estimate of drug-likeness (QED) is 0.890. The van der Waals surface area contributed by atoms with Crippen molar-refractivity contribution >= 4 is 17.3 Å². The van der Waals surface area contributed by atoms with Crippen molar-refractivity contribution < 1.29 is 0 Å². The molecule has 1 saturated heterocycles. The number of hydrogen-bond acceptors (Lipinski definition) is 3. The molecule has 1 heterocycles. The van der Waals surface area contributed by atoms with Gasteiger partial charge in [0.25, 0.3) is 0 Å².